The number of carbonyl (C=O) groups excluding carboxylic acids is 2. The molecule has 1 N–H and O–H groups in total. The van der Waals surface area contributed by atoms with Crippen LogP contribution in [0.5, 0.6) is 5.75 Å². The Bertz CT molecular complexity index is 799. The van der Waals surface area contributed by atoms with Gasteiger partial charge in [0.1, 0.15) is 11.8 Å². The lowest BCUT2D eigenvalue weighted by Crippen LogP contribution is -2.45. The first-order valence-electron chi connectivity index (χ1n) is 8.83. The van der Waals surface area contributed by atoms with Crippen molar-refractivity contribution in [3.63, 3.8) is 0 Å². The van der Waals surface area contributed by atoms with Gasteiger partial charge in [-0.1, -0.05) is 32.0 Å². The monoisotopic (exact) mass is 352 g/mol. The highest BCUT2D eigenvalue weighted by atomic mass is 16.5. The quantitative estimate of drug-likeness (QED) is 0.862. The molecule has 0 radical (unpaired) electrons. The molecule has 0 saturated carbocycles. The summed E-state index contributed by atoms with van der Waals surface area (Å²) in [5, 5.41) is 2.93. The molecule has 1 heterocycles. The average Bonchev–Trinajstić information content (AvgIpc) is 2.97. The van der Waals surface area contributed by atoms with Crippen LogP contribution in [0.25, 0.3) is 0 Å². The number of hydrogen-bond donors (Lipinski definition) is 1. The highest BCUT2D eigenvalue weighted by Crippen LogP contribution is 2.27. The molecule has 1 aliphatic rings. The van der Waals surface area contributed by atoms with Gasteiger partial charge in [-0.25, -0.2) is 0 Å². The Labute approximate surface area is 154 Å². The predicted octanol–water partition coefficient (Wildman–Crippen LogP) is 3.70. The first-order valence-corrected chi connectivity index (χ1v) is 8.83. The minimum Gasteiger partial charge on any atom is -0.497 e. The van der Waals surface area contributed by atoms with Crippen molar-refractivity contribution in [2.75, 3.05) is 12.4 Å². The van der Waals surface area contributed by atoms with Crippen molar-refractivity contribution in [1.29, 1.82) is 0 Å². The Hall–Kier alpha value is -2.82. The van der Waals surface area contributed by atoms with Gasteiger partial charge in [-0.05, 0) is 48.2 Å². The van der Waals surface area contributed by atoms with Crippen LogP contribution in [-0.4, -0.2) is 29.9 Å². The van der Waals surface area contributed by atoms with Crippen molar-refractivity contribution in [2.45, 2.75) is 32.9 Å². The summed E-state index contributed by atoms with van der Waals surface area (Å²) in [6.07, 6.45) is 0.613. The zero-order chi connectivity index (χ0) is 18.7. The molecule has 3 rings (SSSR count). The summed E-state index contributed by atoms with van der Waals surface area (Å²) in [6, 6.07) is 14.2. The molecule has 2 aromatic rings. The van der Waals surface area contributed by atoms with Crippen molar-refractivity contribution in [3.8, 4) is 5.75 Å². The molecular weight excluding hydrogens is 328 g/mol. The topological polar surface area (TPSA) is 58.6 Å². The number of nitrogens with zero attached hydrogens (tertiary/aromatic N) is 1. The number of hydrogen-bond acceptors (Lipinski definition) is 3. The van der Waals surface area contributed by atoms with Gasteiger partial charge in [-0.15, -0.1) is 0 Å². The molecule has 0 spiro atoms. The van der Waals surface area contributed by atoms with Gasteiger partial charge < -0.3 is 15.0 Å². The van der Waals surface area contributed by atoms with Gasteiger partial charge in [0.2, 0.25) is 5.91 Å². The third kappa shape index (κ3) is 3.72. The Morgan fingerprint density at radius 2 is 1.85 bits per heavy atom. The Balaban J connectivity index is 1.79. The number of rotatable bonds is 6. The van der Waals surface area contributed by atoms with E-state index in [1.165, 1.54) is 0 Å². The number of nitrogens with one attached hydrogen (secondary N) is 1. The molecule has 1 atom stereocenters. The molecule has 0 unspecified atom stereocenters. The van der Waals surface area contributed by atoms with Crippen molar-refractivity contribution in [3.05, 3.63) is 59.7 Å². The van der Waals surface area contributed by atoms with Crippen LogP contribution in [0.3, 0.4) is 0 Å². The molecule has 0 saturated heterocycles. The maximum absolute atomic E-state index is 12.9. The fraction of sp³-hybridized carbons (Fsp3) is 0.333. The molecule has 2 amide bonds. The normalized spacial score (nSPS) is 14.3. The molecular formula is C21H24N2O3. The smallest absolute Gasteiger partial charge is 0.255 e. The first-order chi connectivity index (χ1) is 12.5. The number of methoxy groups -OCH3 is 1. The zero-order valence-corrected chi connectivity index (χ0v) is 15.4. The van der Waals surface area contributed by atoms with E-state index in [4.69, 9.17) is 4.74 Å². The van der Waals surface area contributed by atoms with Crippen LogP contribution in [0.15, 0.2) is 48.5 Å². The van der Waals surface area contributed by atoms with Crippen LogP contribution in [0.1, 0.15) is 36.2 Å². The minimum atomic E-state index is -0.503. The van der Waals surface area contributed by atoms with E-state index in [2.05, 4.69) is 19.2 Å². The largest absolute Gasteiger partial charge is 0.497 e. The van der Waals surface area contributed by atoms with Crippen LogP contribution in [0.2, 0.25) is 0 Å². The number of fused-ring (bicyclic) bond motifs is 1. The van der Waals surface area contributed by atoms with Gasteiger partial charge in [0, 0.05) is 17.8 Å². The summed E-state index contributed by atoms with van der Waals surface area (Å²) in [5.74, 6) is 0.784. The third-order valence-corrected chi connectivity index (χ3v) is 4.58. The molecule has 0 bridgehead atoms. The predicted molar refractivity (Wildman–Crippen MR) is 101 cm³/mol. The van der Waals surface area contributed by atoms with E-state index in [1.807, 2.05) is 24.3 Å². The molecule has 2 aromatic carbocycles. The average molecular weight is 352 g/mol. The molecule has 5 heteroatoms. The molecule has 0 fully saturated rings. The van der Waals surface area contributed by atoms with Crippen molar-refractivity contribution >= 4 is 17.5 Å². The lowest BCUT2D eigenvalue weighted by atomic mass is 10.0. The van der Waals surface area contributed by atoms with Gasteiger partial charge in [-0.2, -0.15) is 0 Å². The van der Waals surface area contributed by atoms with Gasteiger partial charge >= 0.3 is 0 Å². The summed E-state index contributed by atoms with van der Waals surface area (Å²) >= 11 is 0. The molecule has 0 aliphatic carbocycles. The fourth-order valence-electron chi connectivity index (χ4n) is 3.25. The number of anilines is 1. The van der Waals surface area contributed by atoms with E-state index in [9.17, 15) is 9.59 Å². The summed E-state index contributed by atoms with van der Waals surface area (Å²) < 4.78 is 5.14. The SMILES string of the molecule is COc1ccc(NC(=O)[C@@H](CC(C)C)N2Cc3ccccc3C2=O)cc1. The van der Waals surface area contributed by atoms with Crippen LogP contribution in [0, 0.1) is 5.92 Å². The van der Waals surface area contributed by atoms with Crippen molar-refractivity contribution in [1.82, 2.24) is 4.90 Å². The Morgan fingerprint density at radius 1 is 1.15 bits per heavy atom. The number of amides is 2. The van der Waals surface area contributed by atoms with Gasteiger partial charge in [-0.3, -0.25) is 9.59 Å². The second-order valence-corrected chi connectivity index (χ2v) is 6.95. The molecule has 0 aromatic heterocycles. The second-order valence-electron chi connectivity index (χ2n) is 6.95. The summed E-state index contributed by atoms with van der Waals surface area (Å²) in [4.78, 5) is 27.4. The summed E-state index contributed by atoms with van der Waals surface area (Å²) in [7, 11) is 1.60. The maximum atomic E-state index is 12.9. The van der Waals surface area contributed by atoms with E-state index >= 15 is 0 Å². The zero-order valence-electron chi connectivity index (χ0n) is 15.4. The van der Waals surface area contributed by atoms with Crippen molar-refractivity contribution in [2.24, 2.45) is 5.92 Å². The highest BCUT2D eigenvalue weighted by molar-refractivity contribution is 6.03. The van der Waals surface area contributed by atoms with E-state index in [0.29, 0.717) is 24.2 Å². The summed E-state index contributed by atoms with van der Waals surface area (Å²) in [6.45, 7) is 4.59. The highest BCUT2D eigenvalue weighted by Gasteiger charge is 2.36. The van der Waals surface area contributed by atoms with E-state index in [0.717, 1.165) is 11.3 Å². The van der Waals surface area contributed by atoms with Crippen LogP contribution in [0.4, 0.5) is 5.69 Å². The van der Waals surface area contributed by atoms with Crippen LogP contribution in [-0.2, 0) is 11.3 Å². The summed E-state index contributed by atoms with van der Waals surface area (Å²) in [5.41, 5.74) is 2.36. The van der Waals surface area contributed by atoms with E-state index in [-0.39, 0.29) is 17.7 Å². The van der Waals surface area contributed by atoms with E-state index < -0.39 is 6.04 Å². The van der Waals surface area contributed by atoms with Gasteiger partial charge in [0.05, 0.1) is 7.11 Å². The van der Waals surface area contributed by atoms with Crippen molar-refractivity contribution < 1.29 is 14.3 Å². The number of ether oxygens (including phenoxy) is 1. The van der Waals surface area contributed by atoms with Crippen LogP contribution >= 0.6 is 0 Å². The van der Waals surface area contributed by atoms with Gasteiger partial charge in [0.25, 0.3) is 5.91 Å². The lowest BCUT2D eigenvalue weighted by molar-refractivity contribution is -0.121. The first kappa shape index (κ1) is 18.0. The van der Waals surface area contributed by atoms with Crippen LogP contribution < -0.4 is 10.1 Å². The fourth-order valence-corrected chi connectivity index (χ4v) is 3.25. The minimum absolute atomic E-state index is 0.0730. The number of benzene rings is 2. The number of carbonyl (C=O) groups is 2. The Morgan fingerprint density at radius 3 is 2.46 bits per heavy atom. The molecule has 1 aliphatic heterocycles. The van der Waals surface area contributed by atoms with E-state index in [1.54, 1.807) is 36.3 Å². The molecule has 136 valence electrons. The maximum Gasteiger partial charge on any atom is 0.255 e. The Kier molecular flexibility index (Phi) is 5.26. The molecule has 5 nitrogen and oxygen atoms in total. The second kappa shape index (κ2) is 7.60. The standard InChI is InChI=1S/C21H24N2O3/c1-14(2)12-19(20(24)22-16-8-10-17(26-3)11-9-16)23-13-15-6-4-5-7-18(15)21(23)25/h4-11,14,19H,12-13H2,1-3H3,(H,22,24)/t19-/m1/s1. The van der Waals surface area contributed by atoms with Gasteiger partial charge in [0.15, 0.2) is 0 Å². The third-order valence-electron chi connectivity index (χ3n) is 4.58. The molecule has 26 heavy (non-hydrogen) atoms. The lowest BCUT2D eigenvalue weighted by Gasteiger charge is -2.28.